The van der Waals surface area contributed by atoms with Crippen LogP contribution in [0.25, 0.3) is 0 Å². The van der Waals surface area contributed by atoms with Gasteiger partial charge in [-0.05, 0) is 38.0 Å². The number of nitrogens with zero attached hydrogens (tertiary/aromatic N) is 1. The van der Waals surface area contributed by atoms with E-state index >= 15 is 0 Å². The Morgan fingerprint density at radius 3 is 2.50 bits per heavy atom. The fourth-order valence-corrected chi connectivity index (χ4v) is 3.06. The Bertz CT molecular complexity index is 407. The molecule has 1 aromatic carbocycles. The summed E-state index contributed by atoms with van der Waals surface area (Å²) in [6.07, 6.45) is 2.19. The van der Waals surface area contributed by atoms with Gasteiger partial charge in [-0.15, -0.1) is 0 Å². The Labute approximate surface area is 131 Å². The van der Waals surface area contributed by atoms with Crippen molar-refractivity contribution in [3.05, 3.63) is 28.2 Å². The molecule has 0 amide bonds. The molecule has 1 atom stereocenters. The Morgan fingerprint density at radius 1 is 1.30 bits per heavy atom. The van der Waals surface area contributed by atoms with E-state index in [-0.39, 0.29) is 6.04 Å². The van der Waals surface area contributed by atoms with Crippen molar-refractivity contribution >= 4 is 15.9 Å². The van der Waals surface area contributed by atoms with Crippen LogP contribution in [0, 0.1) is 0 Å². The number of rotatable bonds is 8. The van der Waals surface area contributed by atoms with E-state index < -0.39 is 0 Å². The molecule has 0 spiro atoms. The van der Waals surface area contributed by atoms with Gasteiger partial charge >= 0.3 is 0 Å². The lowest BCUT2D eigenvalue weighted by Crippen LogP contribution is -2.39. The number of aromatic hydroxyl groups is 1. The highest BCUT2D eigenvalue weighted by Gasteiger charge is 2.24. The molecule has 0 radical (unpaired) electrons. The maximum atomic E-state index is 10.1. The van der Waals surface area contributed by atoms with Crippen molar-refractivity contribution < 1.29 is 9.84 Å². The normalized spacial score (nSPS) is 13.2. The maximum absolute atomic E-state index is 10.1. The van der Waals surface area contributed by atoms with Crippen LogP contribution in [-0.4, -0.2) is 36.3 Å². The monoisotopic (exact) mass is 343 g/mol. The lowest BCUT2D eigenvalue weighted by molar-refractivity contribution is 0.0845. The lowest BCUT2D eigenvalue weighted by Gasteiger charge is -2.36. The number of hydrogen-bond donors (Lipinski definition) is 1. The zero-order chi connectivity index (χ0) is 15.1. The van der Waals surface area contributed by atoms with Gasteiger partial charge < -0.3 is 9.84 Å². The fraction of sp³-hybridized carbons (Fsp3) is 0.625. The topological polar surface area (TPSA) is 32.7 Å². The smallest absolute Gasteiger partial charge is 0.120 e. The summed E-state index contributed by atoms with van der Waals surface area (Å²) in [6, 6.07) is 6.27. The standard InChI is InChI=1S/C16H26BrNO2/c1-5-14(6-2)18(9-10-20-4)12(3)15-11-13(17)7-8-16(15)19/h7-8,11-12,14,19H,5-6,9-10H2,1-4H3. The van der Waals surface area contributed by atoms with Crippen molar-refractivity contribution in [2.45, 2.75) is 45.7 Å². The number of methoxy groups -OCH3 is 1. The van der Waals surface area contributed by atoms with Gasteiger partial charge in [-0.25, -0.2) is 0 Å². The first-order chi connectivity index (χ1) is 9.54. The Balaban J connectivity index is 3.01. The average Bonchev–Trinajstić information content (AvgIpc) is 2.45. The first kappa shape index (κ1) is 17.5. The maximum Gasteiger partial charge on any atom is 0.120 e. The number of phenolic OH excluding ortho intramolecular Hbond substituents is 1. The molecule has 1 unspecified atom stereocenters. The van der Waals surface area contributed by atoms with Gasteiger partial charge in [-0.3, -0.25) is 4.90 Å². The Hall–Kier alpha value is -0.580. The van der Waals surface area contributed by atoms with E-state index in [0.717, 1.165) is 29.4 Å². The summed E-state index contributed by atoms with van der Waals surface area (Å²) in [7, 11) is 1.73. The van der Waals surface area contributed by atoms with Gasteiger partial charge in [0.15, 0.2) is 0 Å². The van der Waals surface area contributed by atoms with Crippen molar-refractivity contribution in [2.75, 3.05) is 20.3 Å². The third-order valence-corrected chi connectivity index (χ3v) is 4.40. The molecular weight excluding hydrogens is 318 g/mol. The Kier molecular flexibility index (Phi) is 7.56. The molecule has 0 aromatic heterocycles. The van der Waals surface area contributed by atoms with Crippen molar-refractivity contribution in [2.24, 2.45) is 0 Å². The second kappa shape index (κ2) is 8.65. The SMILES string of the molecule is CCC(CC)N(CCOC)C(C)c1cc(Br)ccc1O. The second-order valence-electron chi connectivity index (χ2n) is 5.08. The van der Waals surface area contributed by atoms with Gasteiger partial charge in [-0.2, -0.15) is 0 Å². The molecule has 4 heteroatoms. The van der Waals surface area contributed by atoms with Crippen LogP contribution in [0.2, 0.25) is 0 Å². The summed E-state index contributed by atoms with van der Waals surface area (Å²) < 4.78 is 6.23. The molecule has 1 N–H and O–H groups in total. The van der Waals surface area contributed by atoms with Crippen LogP contribution >= 0.6 is 15.9 Å². The third-order valence-electron chi connectivity index (χ3n) is 3.90. The summed E-state index contributed by atoms with van der Waals surface area (Å²) in [6.45, 7) is 8.14. The highest BCUT2D eigenvalue weighted by molar-refractivity contribution is 9.10. The van der Waals surface area contributed by atoms with Crippen molar-refractivity contribution in [3.63, 3.8) is 0 Å². The number of benzene rings is 1. The third kappa shape index (κ3) is 4.47. The zero-order valence-corrected chi connectivity index (χ0v) is 14.5. The molecule has 0 aliphatic rings. The lowest BCUT2D eigenvalue weighted by atomic mass is 10.0. The number of ether oxygens (including phenoxy) is 1. The molecule has 1 aromatic rings. The van der Waals surface area contributed by atoms with E-state index in [0.29, 0.717) is 18.4 Å². The van der Waals surface area contributed by atoms with Crippen LogP contribution in [0.15, 0.2) is 22.7 Å². The minimum atomic E-state index is 0.160. The minimum absolute atomic E-state index is 0.160. The van der Waals surface area contributed by atoms with Crippen molar-refractivity contribution in [1.82, 2.24) is 4.90 Å². The van der Waals surface area contributed by atoms with Gasteiger partial charge in [0.2, 0.25) is 0 Å². The molecule has 0 aliphatic heterocycles. The van der Waals surface area contributed by atoms with Crippen LogP contribution in [0.3, 0.4) is 0 Å². The van der Waals surface area contributed by atoms with Gasteiger partial charge in [0.25, 0.3) is 0 Å². The fourth-order valence-electron chi connectivity index (χ4n) is 2.69. The van der Waals surface area contributed by atoms with Crippen LogP contribution in [0.1, 0.15) is 45.2 Å². The van der Waals surface area contributed by atoms with Crippen LogP contribution in [-0.2, 0) is 4.74 Å². The van der Waals surface area contributed by atoms with Crippen molar-refractivity contribution in [3.8, 4) is 5.75 Å². The van der Waals surface area contributed by atoms with E-state index in [1.54, 1.807) is 13.2 Å². The summed E-state index contributed by atoms with van der Waals surface area (Å²) in [5.74, 6) is 0.356. The van der Waals surface area contributed by atoms with Gasteiger partial charge in [0.1, 0.15) is 5.75 Å². The van der Waals surface area contributed by atoms with E-state index in [4.69, 9.17) is 4.74 Å². The van der Waals surface area contributed by atoms with E-state index in [9.17, 15) is 5.11 Å². The van der Waals surface area contributed by atoms with Gasteiger partial charge in [0, 0.05) is 35.8 Å². The number of halogens is 1. The molecule has 0 aliphatic carbocycles. The summed E-state index contributed by atoms with van der Waals surface area (Å²) in [5, 5.41) is 10.1. The van der Waals surface area contributed by atoms with E-state index in [1.165, 1.54) is 0 Å². The largest absolute Gasteiger partial charge is 0.508 e. The van der Waals surface area contributed by atoms with Crippen molar-refractivity contribution in [1.29, 1.82) is 0 Å². The molecule has 20 heavy (non-hydrogen) atoms. The van der Waals surface area contributed by atoms with Gasteiger partial charge in [0.05, 0.1) is 6.61 Å². The molecule has 1 rings (SSSR count). The molecule has 114 valence electrons. The van der Waals surface area contributed by atoms with E-state index in [2.05, 4.69) is 41.6 Å². The molecule has 3 nitrogen and oxygen atoms in total. The summed E-state index contributed by atoms with van der Waals surface area (Å²) in [4.78, 5) is 2.42. The van der Waals surface area contributed by atoms with Crippen LogP contribution in [0.4, 0.5) is 0 Å². The first-order valence-corrected chi connectivity index (χ1v) is 8.07. The zero-order valence-electron chi connectivity index (χ0n) is 12.9. The molecule has 0 bridgehead atoms. The Morgan fingerprint density at radius 2 is 1.95 bits per heavy atom. The highest BCUT2D eigenvalue weighted by Crippen LogP contribution is 2.32. The highest BCUT2D eigenvalue weighted by atomic mass is 79.9. The van der Waals surface area contributed by atoms with Crippen LogP contribution < -0.4 is 0 Å². The summed E-state index contributed by atoms with van der Waals surface area (Å²) >= 11 is 3.48. The van der Waals surface area contributed by atoms with E-state index in [1.807, 2.05) is 12.1 Å². The quantitative estimate of drug-likeness (QED) is 0.761. The number of hydrogen-bond acceptors (Lipinski definition) is 3. The number of phenols is 1. The van der Waals surface area contributed by atoms with Crippen LogP contribution in [0.5, 0.6) is 5.75 Å². The van der Waals surface area contributed by atoms with Gasteiger partial charge in [-0.1, -0.05) is 29.8 Å². The molecule has 0 heterocycles. The predicted octanol–water partition coefficient (Wildman–Crippen LogP) is 4.35. The predicted molar refractivity (Wildman–Crippen MR) is 87.2 cm³/mol. The first-order valence-electron chi connectivity index (χ1n) is 7.28. The molecule has 0 saturated carbocycles. The minimum Gasteiger partial charge on any atom is -0.508 e. The average molecular weight is 344 g/mol. The molecule has 0 fully saturated rings. The second-order valence-corrected chi connectivity index (χ2v) is 6.00. The summed E-state index contributed by atoms with van der Waals surface area (Å²) in [5.41, 5.74) is 0.961. The molecule has 0 saturated heterocycles. The molecular formula is C16H26BrNO2.